The van der Waals surface area contributed by atoms with Crippen molar-refractivity contribution in [2.75, 3.05) is 5.32 Å². The van der Waals surface area contributed by atoms with Gasteiger partial charge < -0.3 is 10.1 Å². The molecule has 0 bridgehead atoms. The third-order valence-corrected chi connectivity index (χ3v) is 4.27. The molecule has 0 fully saturated rings. The summed E-state index contributed by atoms with van der Waals surface area (Å²) in [6, 6.07) is 8.54. The molecule has 0 aliphatic heterocycles. The second-order valence-electron chi connectivity index (χ2n) is 5.91. The maximum Gasteiger partial charge on any atom is 0.275 e. The first-order valence-corrected chi connectivity index (χ1v) is 8.72. The van der Waals surface area contributed by atoms with Gasteiger partial charge in [0, 0.05) is 30.4 Å². The van der Waals surface area contributed by atoms with Crippen LogP contribution in [0.1, 0.15) is 16.1 Å². The van der Waals surface area contributed by atoms with E-state index in [1.54, 1.807) is 32.3 Å². The Morgan fingerprint density at radius 1 is 1.25 bits per heavy atom. The molecule has 0 aliphatic carbocycles. The zero-order valence-electron chi connectivity index (χ0n) is 14.8. The predicted octanol–water partition coefficient (Wildman–Crippen LogP) is 4.99. The van der Waals surface area contributed by atoms with Crippen LogP contribution in [0.4, 0.5) is 11.4 Å². The van der Waals surface area contributed by atoms with E-state index in [1.807, 2.05) is 0 Å². The Kier molecular flexibility index (Phi) is 5.53. The average Bonchev–Trinajstić information content (AvgIpc) is 2.95. The molecular weight excluding hydrogens is 407 g/mol. The van der Waals surface area contributed by atoms with Crippen LogP contribution in [0.3, 0.4) is 0 Å². The normalized spacial score (nSPS) is 10.6. The van der Waals surface area contributed by atoms with Crippen LogP contribution in [0.5, 0.6) is 11.5 Å². The van der Waals surface area contributed by atoms with Crippen LogP contribution in [-0.4, -0.2) is 20.6 Å². The maximum atomic E-state index is 12.5. The lowest BCUT2D eigenvalue weighted by atomic mass is 10.2. The molecule has 10 heteroatoms. The van der Waals surface area contributed by atoms with Gasteiger partial charge in [-0.15, -0.1) is 0 Å². The van der Waals surface area contributed by atoms with Gasteiger partial charge in [0.2, 0.25) is 0 Å². The molecule has 1 amide bonds. The number of non-ortho nitro benzene ring substituents is 1. The predicted molar refractivity (Wildman–Crippen MR) is 106 cm³/mol. The van der Waals surface area contributed by atoms with Crippen molar-refractivity contribution in [3.8, 4) is 11.5 Å². The number of benzene rings is 2. The number of hydrogen-bond donors (Lipinski definition) is 1. The van der Waals surface area contributed by atoms with Crippen molar-refractivity contribution in [3.05, 3.63) is 74.0 Å². The van der Waals surface area contributed by atoms with E-state index in [2.05, 4.69) is 10.4 Å². The Morgan fingerprint density at radius 2 is 2.00 bits per heavy atom. The number of aromatic nitrogens is 2. The van der Waals surface area contributed by atoms with E-state index < -0.39 is 10.8 Å². The van der Waals surface area contributed by atoms with E-state index in [0.29, 0.717) is 16.3 Å². The van der Waals surface area contributed by atoms with Crippen LogP contribution < -0.4 is 10.1 Å². The Hall–Kier alpha value is -3.10. The SMILES string of the molecule is Cc1nn(C)cc1C(=O)Nc1cc(Oc2ccc(Cl)cc2Cl)cc([N+](=O)[O-])c1. The molecule has 1 heterocycles. The Bertz CT molecular complexity index is 1080. The Balaban J connectivity index is 1.92. The topological polar surface area (TPSA) is 99.3 Å². The molecule has 0 spiro atoms. The van der Waals surface area contributed by atoms with Gasteiger partial charge in [-0.3, -0.25) is 19.6 Å². The van der Waals surface area contributed by atoms with Crippen molar-refractivity contribution < 1.29 is 14.5 Å². The van der Waals surface area contributed by atoms with Crippen molar-refractivity contribution in [1.29, 1.82) is 0 Å². The second-order valence-corrected chi connectivity index (χ2v) is 6.75. The van der Waals surface area contributed by atoms with E-state index in [1.165, 1.54) is 28.9 Å². The van der Waals surface area contributed by atoms with Gasteiger partial charge in [0.15, 0.2) is 0 Å². The largest absolute Gasteiger partial charge is 0.455 e. The number of anilines is 1. The van der Waals surface area contributed by atoms with E-state index in [-0.39, 0.29) is 27.9 Å². The number of halogens is 2. The summed E-state index contributed by atoms with van der Waals surface area (Å²) in [5.74, 6) is -0.0369. The van der Waals surface area contributed by atoms with Crippen molar-refractivity contribution in [2.45, 2.75) is 6.92 Å². The van der Waals surface area contributed by atoms with Gasteiger partial charge >= 0.3 is 0 Å². The minimum Gasteiger partial charge on any atom is -0.455 e. The number of carbonyl (C=O) groups excluding carboxylic acids is 1. The van der Waals surface area contributed by atoms with E-state index in [9.17, 15) is 14.9 Å². The van der Waals surface area contributed by atoms with E-state index in [4.69, 9.17) is 27.9 Å². The van der Waals surface area contributed by atoms with Crippen molar-refractivity contribution >= 4 is 40.5 Å². The molecule has 144 valence electrons. The van der Waals surface area contributed by atoms with Gasteiger partial charge in [0.05, 0.1) is 33.0 Å². The van der Waals surface area contributed by atoms with Crippen LogP contribution in [-0.2, 0) is 7.05 Å². The standard InChI is InChI=1S/C18H14Cl2N4O4/c1-10-15(9-23(2)22-10)18(25)21-12-6-13(24(26)27)8-14(7-12)28-17-4-3-11(19)5-16(17)20/h3-9H,1-2H3,(H,21,25). The maximum absolute atomic E-state index is 12.5. The first-order chi connectivity index (χ1) is 13.2. The fourth-order valence-electron chi connectivity index (χ4n) is 2.53. The summed E-state index contributed by atoms with van der Waals surface area (Å²) >= 11 is 11.9. The van der Waals surface area contributed by atoms with E-state index >= 15 is 0 Å². The molecule has 3 aromatic rings. The highest BCUT2D eigenvalue weighted by Crippen LogP contribution is 2.34. The van der Waals surface area contributed by atoms with Crippen molar-refractivity contribution in [3.63, 3.8) is 0 Å². The third-order valence-electron chi connectivity index (χ3n) is 3.74. The summed E-state index contributed by atoms with van der Waals surface area (Å²) in [5.41, 5.74) is 0.843. The zero-order valence-corrected chi connectivity index (χ0v) is 16.3. The smallest absolute Gasteiger partial charge is 0.275 e. The number of aryl methyl sites for hydroxylation is 2. The van der Waals surface area contributed by atoms with Crippen LogP contribution in [0.15, 0.2) is 42.6 Å². The quantitative estimate of drug-likeness (QED) is 0.462. The van der Waals surface area contributed by atoms with Gasteiger partial charge in [-0.05, 0) is 25.1 Å². The number of nitrogens with one attached hydrogen (secondary N) is 1. The lowest BCUT2D eigenvalue weighted by molar-refractivity contribution is -0.384. The van der Waals surface area contributed by atoms with Gasteiger partial charge in [-0.2, -0.15) is 5.10 Å². The summed E-state index contributed by atoms with van der Waals surface area (Å²) < 4.78 is 7.16. The van der Waals surface area contributed by atoms with Gasteiger partial charge in [-0.25, -0.2) is 0 Å². The van der Waals surface area contributed by atoms with Gasteiger partial charge in [0.1, 0.15) is 11.5 Å². The lowest BCUT2D eigenvalue weighted by Gasteiger charge is -2.10. The molecule has 3 rings (SSSR count). The number of nitro groups is 1. The summed E-state index contributed by atoms with van der Waals surface area (Å²) in [6.45, 7) is 1.69. The number of nitrogens with zero attached hydrogens (tertiary/aromatic N) is 3. The van der Waals surface area contributed by atoms with Crippen LogP contribution in [0.25, 0.3) is 0 Å². The van der Waals surface area contributed by atoms with E-state index in [0.717, 1.165) is 0 Å². The average molecular weight is 421 g/mol. The van der Waals surface area contributed by atoms with Crippen LogP contribution in [0, 0.1) is 17.0 Å². The summed E-state index contributed by atoms with van der Waals surface area (Å²) in [4.78, 5) is 23.2. The van der Waals surface area contributed by atoms with Gasteiger partial charge in [0.25, 0.3) is 11.6 Å². The highest BCUT2D eigenvalue weighted by molar-refractivity contribution is 6.35. The third kappa shape index (κ3) is 4.41. The van der Waals surface area contributed by atoms with Crippen molar-refractivity contribution in [2.24, 2.45) is 7.05 Å². The summed E-state index contributed by atoms with van der Waals surface area (Å²) in [7, 11) is 1.69. The first kappa shape index (κ1) is 19.7. The van der Waals surface area contributed by atoms with Crippen LogP contribution >= 0.6 is 23.2 Å². The highest BCUT2D eigenvalue weighted by Gasteiger charge is 2.17. The molecule has 2 aromatic carbocycles. The lowest BCUT2D eigenvalue weighted by Crippen LogP contribution is -2.12. The molecule has 1 aromatic heterocycles. The van der Waals surface area contributed by atoms with Crippen LogP contribution in [0.2, 0.25) is 10.0 Å². The van der Waals surface area contributed by atoms with Gasteiger partial charge in [-0.1, -0.05) is 23.2 Å². The number of hydrogen-bond acceptors (Lipinski definition) is 5. The number of nitro benzene ring substituents is 1. The molecule has 0 radical (unpaired) electrons. The molecule has 8 nitrogen and oxygen atoms in total. The highest BCUT2D eigenvalue weighted by atomic mass is 35.5. The number of ether oxygens (including phenoxy) is 1. The monoisotopic (exact) mass is 420 g/mol. The molecule has 0 saturated carbocycles. The van der Waals surface area contributed by atoms with Crippen molar-refractivity contribution in [1.82, 2.24) is 9.78 Å². The fourth-order valence-corrected chi connectivity index (χ4v) is 2.97. The Morgan fingerprint density at radius 3 is 2.61 bits per heavy atom. The fraction of sp³-hybridized carbons (Fsp3) is 0.111. The minimum absolute atomic E-state index is 0.136. The number of amides is 1. The number of carbonyl (C=O) groups is 1. The summed E-state index contributed by atoms with van der Waals surface area (Å²) in [5, 5.41) is 18.7. The molecule has 0 saturated heterocycles. The first-order valence-electron chi connectivity index (χ1n) is 7.97. The molecule has 0 atom stereocenters. The number of rotatable bonds is 5. The summed E-state index contributed by atoms with van der Waals surface area (Å²) in [6.07, 6.45) is 1.56. The second kappa shape index (κ2) is 7.87. The molecule has 28 heavy (non-hydrogen) atoms. The minimum atomic E-state index is -0.582. The molecule has 0 unspecified atom stereocenters. The Labute approximate surface area is 169 Å². The molecule has 0 aliphatic rings. The molecule has 1 N–H and O–H groups in total. The zero-order chi connectivity index (χ0) is 20.4. The molecular formula is C18H14Cl2N4O4.